The summed E-state index contributed by atoms with van der Waals surface area (Å²) in [5.74, 6) is 0.883. The third kappa shape index (κ3) is 3.48. The maximum atomic E-state index is 13.4. The molecule has 2 N–H and O–H groups in total. The second kappa shape index (κ2) is 7.03. The highest BCUT2D eigenvalue weighted by atomic mass is 79.9. The highest BCUT2D eigenvalue weighted by molar-refractivity contribution is 9.10. The zero-order valence-corrected chi connectivity index (χ0v) is 19.1. The number of anilines is 1. The number of piperazine rings is 1. The lowest BCUT2D eigenvalue weighted by Gasteiger charge is -2.59. The number of alkyl halides is 1. The van der Waals surface area contributed by atoms with Crippen molar-refractivity contribution >= 4 is 43.5 Å². The van der Waals surface area contributed by atoms with Crippen LogP contribution >= 0.6 is 15.9 Å². The summed E-state index contributed by atoms with van der Waals surface area (Å²) in [5, 5.41) is 5.65. The molecule has 7 nitrogen and oxygen atoms in total. The fraction of sp³-hybridized carbons (Fsp3) is 0.619. The summed E-state index contributed by atoms with van der Waals surface area (Å²) in [4.78, 5) is 25.1. The Labute approximate surface area is 185 Å². The predicted molar refractivity (Wildman–Crippen MR) is 116 cm³/mol. The van der Waals surface area contributed by atoms with E-state index >= 15 is 0 Å². The van der Waals surface area contributed by atoms with E-state index in [1.165, 1.54) is 22.9 Å². The standard InChI is InChI=1S/C21H26BrN3O4S/c22-21-10-14-6-15(11-21)9-20(8-14,13-21)19(27)24-16-2-1-3-17(7-16)30(28,29)25-5-4-23-18(26)12-25/h1-3,7,14-15H,4-6,8-13H2,(H,23,26)(H,24,27). The summed E-state index contributed by atoms with van der Waals surface area (Å²) in [6.07, 6.45) is 6.21. The van der Waals surface area contributed by atoms with Crippen LogP contribution in [-0.2, 0) is 19.6 Å². The van der Waals surface area contributed by atoms with E-state index in [1.54, 1.807) is 12.1 Å². The number of rotatable bonds is 4. The molecule has 4 aliphatic carbocycles. The highest BCUT2D eigenvalue weighted by Gasteiger charge is 2.59. The van der Waals surface area contributed by atoms with E-state index in [0.717, 1.165) is 32.1 Å². The number of amides is 2. The molecule has 2 atom stereocenters. The average molecular weight is 496 g/mol. The summed E-state index contributed by atoms with van der Waals surface area (Å²) < 4.78 is 27.2. The number of carbonyl (C=O) groups excluding carboxylic acids is 2. The summed E-state index contributed by atoms with van der Waals surface area (Å²) >= 11 is 3.94. The lowest BCUT2D eigenvalue weighted by Crippen LogP contribution is -2.57. The quantitative estimate of drug-likeness (QED) is 0.627. The smallest absolute Gasteiger partial charge is 0.243 e. The van der Waals surface area contributed by atoms with Gasteiger partial charge in [-0.1, -0.05) is 22.0 Å². The Morgan fingerprint density at radius 2 is 1.93 bits per heavy atom. The molecule has 1 aliphatic heterocycles. The van der Waals surface area contributed by atoms with Crippen molar-refractivity contribution < 1.29 is 18.0 Å². The third-order valence-corrected chi connectivity index (χ3v) is 9.97. The van der Waals surface area contributed by atoms with Crippen LogP contribution in [0.2, 0.25) is 0 Å². The summed E-state index contributed by atoms with van der Waals surface area (Å²) in [6, 6.07) is 6.38. The van der Waals surface area contributed by atoms with Crippen molar-refractivity contribution in [3.63, 3.8) is 0 Å². The van der Waals surface area contributed by atoms with Gasteiger partial charge in [0.05, 0.1) is 16.9 Å². The van der Waals surface area contributed by atoms with E-state index in [-0.39, 0.29) is 39.5 Å². The van der Waals surface area contributed by atoms with Gasteiger partial charge in [-0.3, -0.25) is 9.59 Å². The van der Waals surface area contributed by atoms with E-state index in [9.17, 15) is 18.0 Å². The lowest BCUT2D eigenvalue weighted by molar-refractivity contribution is -0.138. The van der Waals surface area contributed by atoms with Gasteiger partial charge < -0.3 is 10.6 Å². The van der Waals surface area contributed by atoms with Gasteiger partial charge in [0.2, 0.25) is 21.8 Å². The van der Waals surface area contributed by atoms with Crippen molar-refractivity contribution in [1.29, 1.82) is 0 Å². The summed E-state index contributed by atoms with van der Waals surface area (Å²) in [7, 11) is -3.79. The molecule has 6 rings (SSSR count). The molecule has 4 saturated carbocycles. The van der Waals surface area contributed by atoms with Crippen LogP contribution < -0.4 is 10.6 Å². The Bertz CT molecular complexity index is 997. The normalized spacial score (nSPS) is 35.8. The first-order valence-corrected chi connectivity index (χ1v) is 12.8. The van der Waals surface area contributed by atoms with Gasteiger partial charge in [-0.15, -0.1) is 0 Å². The molecule has 2 amide bonds. The molecule has 1 aromatic carbocycles. The number of hydrogen-bond acceptors (Lipinski definition) is 4. The maximum Gasteiger partial charge on any atom is 0.243 e. The minimum absolute atomic E-state index is 0.00678. The first kappa shape index (κ1) is 20.5. The maximum absolute atomic E-state index is 13.4. The molecular weight excluding hydrogens is 470 g/mol. The minimum Gasteiger partial charge on any atom is -0.354 e. The minimum atomic E-state index is -3.79. The van der Waals surface area contributed by atoms with Crippen LogP contribution in [0.15, 0.2) is 29.2 Å². The van der Waals surface area contributed by atoms with Crippen molar-refractivity contribution in [1.82, 2.24) is 9.62 Å². The molecule has 5 aliphatic rings. The van der Waals surface area contributed by atoms with Crippen LogP contribution in [0.1, 0.15) is 38.5 Å². The van der Waals surface area contributed by atoms with Gasteiger partial charge in [-0.25, -0.2) is 8.42 Å². The van der Waals surface area contributed by atoms with Crippen molar-refractivity contribution in [3.05, 3.63) is 24.3 Å². The number of halogens is 1. The van der Waals surface area contributed by atoms with Crippen molar-refractivity contribution in [2.45, 2.75) is 47.7 Å². The van der Waals surface area contributed by atoms with Gasteiger partial charge in [0.15, 0.2) is 0 Å². The molecule has 1 aromatic rings. The molecule has 0 spiro atoms. The van der Waals surface area contributed by atoms with Gasteiger partial charge in [-0.2, -0.15) is 4.31 Å². The monoisotopic (exact) mass is 495 g/mol. The topological polar surface area (TPSA) is 95.6 Å². The molecule has 162 valence electrons. The van der Waals surface area contributed by atoms with Gasteiger partial charge in [-0.05, 0) is 68.6 Å². The van der Waals surface area contributed by atoms with E-state index in [4.69, 9.17) is 0 Å². The summed E-state index contributed by atoms with van der Waals surface area (Å²) in [6.45, 7) is 0.357. The number of nitrogens with one attached hydrogen (secondary N) is 2. The van der Waals surface area contributed by atoms with Crippen LogP contribution in [0, 0.1) is 17.3 Å². The molecule has 1 heterocycles. The average Bonchev–Trinajstić information content (AvgIpc) is 2.66. The molecule has 4 bridgehead atoms. The molecule has 5 fully saturated rings. The molecule has 2 unspecified atom stereocenters. The Balaban J connectivity index is 1.36. The zero-order chi connectivity index (χ0) is 21.1. The molecule has 0 radical (unpaired) electrons. The van der Waals surface area contributed by atoms with Gasteiger partial charge >= 0.3 is 0 Å². The van der Waals surface area contributed by atoms with E-state index in [0.29, 0.717) is 24.1 Å². The fourth-order valence-corrected chi connectivity index (χ4v) is 9.28. The Morgan fingerprint density at radius 3 is 2.60 bits per heavy atom. The Morgan fingerprint density at radius 1 is 1.20 bits per heavy atom. The number of nitrogens with zero attached hydrogens (tertiary/aromatic N) is 1. The second-order valence-electron chi connectivity index (χ2n) is 9.56. The third-order valence-electron chi connectivity index (χ3n) is 7.20. The van der Waals surface area contributed by atoms with Crippen LogP contribution in [0.3, 0.4) is 0 Å². The van der Waals surface area contributed by atoms with Crippen LogP contribution in [0.25, 0.3) is 0 Å². The molecule has 9 heteroatoms. The highest BCUT2D eigenvalue weighted by Crippen LogP contribution is 2.64. The van der Waals surface area contributed by atoms with E-state index in [1.807, 2.05) is 0 Å². The van der Waals surface area contributed by atoms with E-state index in [2.05, 4.69) is 26.6 Å². The number of sulfonamides is 1. The largest absolute Gasteiger partial charge is 0.354 e. The van der Waals surface area contributed by atoms with Crippen molar-refractivity contribution in [2.75, 3.05) is 25.0 Å². The molecular formula is C21H26BrN3O4S. The second-order valence-corrected chi connectivity index (χ2v) is 13.2. The molecule has 30 heavy (non-hydrogen) atoms. The van der Waals surface area contributed by atoms with Crippen molar-refractivity contribution in [3.8, 4) is 0 Å². The SMILES string of the molecule is O=C1CN(S(=O)(=O)c2cccc(NC(=O)C34CC5CC(CC(Br)(C5)C3)C4)c2)CCN1. The molecule has 1 saturated heterocycles. The van der Waals surface area contributed by atoms with Crippen molar-refractivity contribution in [2.24, 2.45) is 17.3 Å². The van der Waals surface area contributed by atoms with Gasteiger partial charge in [0, 0.05) is 23.1 Å². The van der Waals surface area contributed by atoms with Crippen LogP contribution in [0.4, 0.5) is 5.69 Å². The first-order chi connectivity index (χ1) is 14.2. The lowest BCUT2D eigenvalue weighted by atomic mass is 9.49. The predicted octanol–water partition coefficient (Wildman–Crippen LogP) is 2.48. The number of hydrogen-bond donors (Lipinski definition) is 2. The first-order valence-electron chi connectivity index (χ1n) is 10.5. The van der Waals surface area contributed by atoms with Crippen LogP contribution in [-0.4, -0.2) is 48.5 Å². The number of carbonyl (C=O) groups is 2. The van der Waals surface area contributed by atoms with Gasteiger partial charge in [0.1, 0.15) is 0 Å². The van der Waals surface area contributed by atoms with E-state index < -0.39 is 10.0 Å². The molecule has 0 aromatic heterocycles. The number of benzene rings is 1. The van der Waals surface area contributed by atoms with Gasteiger partial charge in [0.25, 0.3) is 0 Å². The fourth-order valence-electron chi connectivity index (χ4n) is 6.38. The Kier molecular flexibility index (Phi) is 4.79. The Hall–Kier alpha value is -1.45. The zero-order valence-electron chi connectivity index (χ0n) is 16.7. The van der Waals surface area contributed by atoms with Crippen LogP contribution in [0.5, 0.6) is 0 Å². The summed E-state index contributed by atoms with van der Waals surface area (Å²) in [5.41, 5.74) is 0.120.